The summed E-state index contributed by atoms with van der Waals surface area (Å²) in [7, 11) is 0. The van der Waals surface area contributed by atoms with Gasteiger partial charge < -0.3 is 15.5 Å². The van der Waals surface area contributed by atoms with Gasteiger partial charge in [-0.2, -0.15) is 0 Å². The van der Waals surface area contributed by atoms with Crippen molar-refractivity contribution >= 4 is 11.9 Å². The number of urea groups is 1. The minimum absolute atomic E-state index is 0.0125. The van der Waals surface area contributed by atoms with Crippen LogP contribution >= 0.6 is 0 Å². The SMILES string of the molecule is CC(C)NC(=O)CN1CCN(C(=O)NCC2(c3ccccc3)CC2)CC1. The molecule has 1 aromatic carbocycles. The van der Waals surface area contributed by atoms with Crippen LogP contribution in [0.5, 0.6) is 0 Å². The predicted octanol–water partition coefficient (Wildman–Crippen LogP) is 1.57. The van der Waals surface area contributed by atoms with E-state index in [2.05, 4.69) is 39.8 Å². The Morgan fingerprint density at radius 2 is 1.73 bits per heavy atom. The molecule has 0 bridgehead atoms. The van der Waals surface area contributed by atoms with Gasteiger partial charge in [0.15, 0.2) is 0 Å². The van der Waals surface area contributed by atoms with Crippen molar-refractivity contribution in [3.63, 3.8) is 0 Å². The number of amides is 3. The van der Waals surface area contributed by atoms with Crippen LogP contribution in [0.15, 0.2) is 30.3 Å². The lowest BCUT2D eigenvalue weighted by atomic mass is 9.96. The molecule has 2 aliphatic rings. The third kappa shape index (κ3) is 4.75. The van der Waals surface area contributed by atoms with Gasteiger partial charge in [0.05, 0.1) is 6.54 Å². The molecule has 26 heavy (non-hydrogen) atoms. The molecule has 3 rings (SSSR count). The van der Waals surface area contributed by atoms with E-state index < -0.39 is 0 Å². The van der Waals surface area contributed by atoms with E-state index in [4.69, 9.17) is 0 Å². The van der Waals surface area contributed by atoms with Crippen molar-refractivity contribution in [2.75, 3.05) is 39.3 Å². The van der Waals surface area contributed by atoms with Crippen molar-refractivity contribution in [3.8, 4) is 0 Å². The van der Waals surface area contributed by atoms with E-state index in [1.165, 1.54) is 5.56 Å². The quantitative estimate of drug-likeness (QED) is 0.811. The highest BCUT2D eigenvalue weighted by atomic mass is 16.2. The first kappa shape index (κ1) is 18.7. The Bertz CT molecular complexity index is 620. The zero-order chi connectivity index (χ0) is 18.6. The maximum atomic E-state index is 12.5. The Hall–Kier alpha value is -2.08. The van der Waals surface area contributed by atoms with E-state index in [1.54, 1.807) is 0 Å². The molecule has 1 heterocycles. The van der Waals surface area contributed by atoms with Gasteiger partial charge in [-0.1, -0.05) is 30.3 Å². The number of hydrogen-bond donors (Lipinski definition) is 2. The summed E-state index contributed by atoms with van der Waals surface area (Å²) >= 11 is 0. The van der Waals surface area contributed by atoms with Crippen molar-refractivity contribution in [2.24, 2.45) is 0 Å². The maximum absolute atomic E-state index is 12.5. The minimum Gasteiger partial charge on any atom is -0.353 e. The standard InChI is InChI=1S/C20H30N4O2/c1-16(2)22-18(25)14-23-10-12-24(13-11-23)19(26)21-15-20(8-9-20)17-6-4-3-5-7-17/h3-7,16H,8-15H2,1-2H3,(H,21,26)(H,22,25). The van der Waals surface area contributed by atoms with E-state index in [0.717, 1.165) is 25.9 Å². The van der Waals surface area contributed by atoms with Gasteiger partial charge in [0, 0.05) is 44.2 Å². The van der Waals surface area contributed by atoms with Crippen LogP contribution in [-0.4, -0.2) is 67.0 Å². The van der Waals surface area contributed by atoms with Crippen molar-refractivity contribution in [2.45, 2.75) is 38.1 Å². The molecule has 1 aromatic rings. The lowest BCUT2D eigenvalue weighted by molar-refractivity contribution is -0.123. The van der Waals surface area contributed by atoms with Crippen LogP contribution in [0.2, 0.25) is 0 Å². The van der Waals surface area contributed by atoms with E-state index in [0.29, 0.717) is 26.2 Å². The van der Waals surface area contributed by atoms with Gasteiger partial charge >= 0.3 is 6.03 Å². The molecule has 6 heteroatoms. The summed E-state index contributed by atoms with van der Waals surface area (Å²) in [6.45, 7) is 7.84. The van der Waals surface area contributed by atoms with Gasteiger partial charge in [-0.15, -0.1) is 0 Å². The summed E-state index contributed by atoms with van der Waals surface area (Å²) in [5, 5.41) is 6.03. The molecule has 1 saturated carbocycles. The number of benzene rings is 1. The normalized spacial score (nSPS) is 19.3. The Labute approximate surface area is 155 Å². The molecule has 142 valence electrons. The average Bonchev–Trinajstić information content (AvgIpc) is 3.41. The molecule has 1 aliphatic carbocycles. The third-order valence-corrected chi connectivity index (χ3v) is 5.29. The summed E-state index contributed by atoms with van der Waals surface area (Å²) in [6.07, 6.45) is 2.27. The molecule has 0 unspecified atom stereocenters. The highest BCUT2D eigenvalue weighted by molar-refractivity contribution is 5.78. The molecule has 0 radical (unpaired) electrons. The largest absolute Gasteiger partial charge is 0.353 e. The molecule has 0 atom stereocenters. The molecular weight excluding hydrogens is 328 g/mol. The van der Waals surface area contributed by atoms with E-state index in [9.17, 15) is 9.59 Å². The summed E-state index contributed by atoms with van der Waals surface area (Å²) in [5.41, 5.74) is 1.45. The topological polar surface area (TPSA) is 64.7 Å². The van der Waals surface area contributed by atoms with Gasteiger partial charge in [0.2, 0.25) is 5.91 Å². The fourth-order valence-electron chi connectivity index (χ4n) is 3.55. The summed E-state index contributed by atoms with van der Waals surface area (Å²) in [4.78, 5) is 28.3. The van der Waals surface area contributed by atoms with Gasteiger partial charge in [0.25, 0.3) is 0 Å². The van der Waals surface area contributed by atoms with Crippen molar-refractivity contribution in [3.05, 3.63) is 35.9 Å². The van der Waals surface area contributed by atoms with Gasteiger partial charge in [0.1, 0.15) is 0 Å². The fraction of sp³-hybridized carbons (Fsp3) is 0.600. The number of nitrogens with zero attached hydrogens (tertiary/aromatic N) is 2. The summed E-state index contributed by atoms with van der Waals surface area (Å²) in [5.74, 6) is 0.0523. The Morgan fingerprint density at radius 3 is 2.31 bits per heavy atom. The molecular formula is C20H30N4O2. The van der Waals surface area contributed by atoms with E-state index in [1.807, 2.05) is 24.8 Å². The number of nitrogens with one attached hydrogen (secondary N) is 2. The van der Waals surface area contributed by atoms with Gasteiger partial charge in [-0.25, -0.2) is 4.79 Å². The minimum atomic E-state index is 0.0125. The van der Waals surface area contributed by atoms with Gasteiger partial charge in [-0.05, 0) is 32.3 Å². The second-order valence-corrected chi connectivity index (χ2v) is 7.79. The molecule has 0 aromatic heterocycles. The van der Waals surface area contributed by atoms with Crippen LogP contribution in [0.1, 0.15) is 32.3 Å². The van der Waals surface area contributed by atoms with Crippen molar-refractivity contribution in [1.29, 1.82) is 0 Å². The van der Waals surface area contributed by atoms with E-state index in [-0.39, 0.29) is 23.4 Å². The third-order valence-electron chi connectivity index (χ3n) is 5.29. The number of carbonyl (C=O) groups excluding carboxylic acids is 2. The average molecular weight is 358 g/mol. The molecule has 2 N–H and O–H groups in total. The molecule has 0 spiro atoms. The van der Waals surface area contributed by atoms with Crippen LogP contribution in [0, 0.1) is 0 Å². The predicted molar refractivity (Wildman–Crippen MR) is 102 cm³/mol. The van der Waals surface area contributed by atoms with Crippen LogP contribution in [0.4, 0.5) is 4.79 Å². The van der Waals surface area contributed by atoms with Crippen molar-refractivity contribution < 1.29 is 9.59 Å². The first-order chi connectivity index (χ1) is 12.5. The molecule has 3 amide bonds. The van der Waals surface area contributed by atoms with Crippen LogP contribution in [-0.2, 0) is 10.2 Å². The van der Waals surface area contributed by atoms with Crippen LogP contribution < -0.4 is 10.6 Å². The number of hydrogen-bond acceptors (Lipinski definition) is 3. The Balaban J connectivity index is 1.41. The van der Waals surface area contributed by atoms with Gasteiger partial charge in [-0.3, -0.25) is 9.69 Å². The maximum Gasteiger partial charge on any atom is 0.317 e. The number of rotatable bonds is 6. The zero-order valence-corrected chi connectivity index (χ0v) is 15.8. The van der Waals surface area contributed by atoms with Crippen LogP contribution in [0.25, 0.3) is 0 Å². The molecule has 6 nitrogen and oxygen atoms in total. The zero-order valence-electron chi connectivity index (χ0n) is 15.8. The Morgan fingerprint density at radius 1 is 1.08 bits per heavy atom. The first-order valence-electron chi connectivity index (χ1n) is 9.58. The molecule has 2 fully saturated rings. The summed E-state index contributed by atoms with van der Waals surface area (Å²) < 4.78 is 0. The fourth-order valence-corrected chi connectivity index (χ4v) is 3.55. The van der Waals surface area contributed by atoms with Crippen LogP contribution in [0.3, 0.4) is 0 Å². The number of carbonyl (C=O) groups is 2. The highest BCUT2D eigenvalue weighted by Crippen LogP contribution is 2.47. The Kier molecular flexibility index (Phi) is 5.81. The molecule has 1 aliphatic heterocycles. The van der Waals surface area contributed by atoms with Crippen molar-refractivity contribution in [1.82, 2.24) is 20.4 Å². The highest BCUT2D eigenvalue weighted by Gasteiger charge is 2.44. The number of piperazine rings is 1. The second kappa shape index (κ2) is 8.08. The lowest BCUT2D eigenvalue weighted by Gasteiger charge is -2.34. The monoisotopic (exact) mass is 358 g/mol. The smallest absolute Gasteiger partial charge is 0.317 e. The molecule has 1 saturated heterocycles. The first-order valence-corrected chi connectivity index (χ1v) is 9.58. The second-order valence-electron chi connectivity index (χ2n) is 7.79. The van der Waals surface area contributed by atoms with E-state index >= 15 is 0 Å². The lowest BCUT2D eigenvalue weighted by Crippen LogP contribution is -2.54. The summed E-state index contributed by atoms with van der Waals surface area (Å²) in [6, 6.07) is 10.6.